The lowest BCUT2D eigenvalue weighted by Gasteiger charge is -2.41. The van der Waals surface area contributed by atoms with Gasteiger partial charge in [-0.25, -0.2) is 0 Å². The quantitative estimate of drug-likeness (QED) is 0.815. The maximum atomic E-state index is 11.3. The Bertz CT molecular complexity index is 274. The van der Waals surface area contributed by atoms with Crippen LogP contribution in [0.3, 0.4) is 0 Å². The predicted molar refractivity (Wildman–Crippen MR) is 73.2 cm³/mol. The van der Waals surface area contributed by atoms with Gasteiger partial charge in [0.25, 0.3) is 0 Å². The van der Waals surface area contributed by atoms with Crippen LogP contribution in [0.5, 0.6) is 0 Å². The van der Waals surface area contributed by atoms with Crippen molar-refractivity contribution in [2.75, 3.05) is 32.7 Å². The van der Waals surface area contributed by atoms with Crippen molar-refractivity contribution in [3.63, 3.8) is 0 Å². The molecule has 2 aliphatic rings. The van der Waals surface area contributed by atoms with Crippen LogP contribution >= 0.6 is 0 Å². The number of nitrogens with zero attached hydrogens (tertiary/aromatic N) is 2. The van der Waals surface area contributed by atoms with E-state index >= 15 is 0 Å². The Morgan fingerprint density at radius 3 is 2.56 bits per heavy atom. The summed E-state index contributed by atoms with van der Waals surface area (Å²) in [4.78, 5) is 16.4. The number of nitrogens with two attached hydrogens (primary N) is 1. The molecule has 104 valence electrons. The van der Waals surface area contributed by atoms with Crippen molar-refractivity contribution in [3.05, 3.63) is 0 Å². The molecule has 2 fully saturated rings. The highest BCUT2D eigenvalue weighted by molar-refractivity contribution is 5.76. The highest BCUT2D eigenvalue weighted by atomic mass is 16.1. The number of primary amides is 1. The van der Waals surface area contributed by atoms with Gasteiger partial charge >= 0.3 is 0 Å². The van der Waals surface area contributed by atoms with Gasteiger partial charge < -0.3 is 10.6 Å². The average molecular weight is 253 g/mol. The number of rotatable bonds is 4. The topological polar surface area (TPSA) is 49.6 Å². The lowest BCUT2D eigenvalue weighted by molar-refractivity contribution is -0.123. The third-order valence-electron chi connectivity index (χ3n) is 4.47. The van der Waals surface area contributed by atoms with Crippen molar-refractivity contribution >= 4 is 5.91 Å². The van der Waals surface area contributed by atoms with Gasteiger partial charge in [0.2, 0.25) is 5.91 Å². The Kier molecular flexibility index (Phi) is 5.01. The molecule has 1 unspecified atom stereocenters. The first-order valence-electron chi connectivity index (χ1n) is 7.46. The zero-order valence-corrected chi connectivity index (χ0v) is 11.6. The van der Waals surface area contributed by atoms with Crippen molar-refractivity contribution in [2.45, 2.75) is 45.1 Å². The minimum absolute atomic E-state index is 0.0902. The molecule has 0 saturated carbocycles. The summed E-state index contributed by atoms with van der Waals surface area (Å²) in [6.45, 7) is 7.97. The van der Waals surface area contributed by atoms with Crippen LogP contribution < -0.4 is 5.73 Å². The van der Waals surface area contributed by atoms with E-state index in [4.69, 9.17) is 5.73 Å². The van der Waals surface area contributed by atoms with Gasteiger partial charge in [0.1, 0.15) is 0 Å². The molecule has 0 aromatic heterocycles. The van der Waals surface area contributed by atoms with Gasteiger partial charge in [0.15, 0.2) is 0 Å². The second-order valence-electron chi connectivity index (χ2n) is 5.81. The van der Waals surface area contributed by atoms with E-state index in [-0.39, 0.29) is 11.8 Å². The van der Waals surface area contributed by atoms with Crippen LogP contribution in [-0.4, -0.2) is 54.5 Å². The first-order chi connectivity index (χ1) is 8.70. The van der Waals surface area contributed by atoms with E-state index in [0.717, 1.165) is 25.9 Å². The van der Waals surface area contributed by atoms with Crippen LogP contribution in [-0.2, 0) is 4.79 Å². The van der Waals surface area contributed by atoms with Crippen molar-refractivity contribution in [3.8, 4) is 0 Å². The molecule has 0 spiro atoms. The first kappa shape index (κ1) is 13.8. The minimum atomic E-state index is -0.108. The highest BCUT2D eigenvalue weighted by Gasteiger charge is 2.30. The first-order valence-corrected chi connectivity index (χ1v) is 7.46. The van der Waals surface area contributed by atoms with Gasteiger partial charge in [0.05, 0.1) is 5.92 Å². The van der Waals surface area contributed by atoms with Gasteiger partial charge in [-0.05, 0) is 58.3 Å². The number of hydrogen-bond donors (Lipinski definition) is 1. The molecule has 18 heavy (non-hydrogen) atoms. The zero-order chi connectivity index (χ0) is 13.0. The fourth-order valence-corrected chi connectivity index (χ4v) is 3.39. The molecule has 2 aliphatic heterocycles. The average Bonchev–Trinajstić information content (AvgIpc) is 2.40. The molecule has 2 rings (SSSR count). The van der Waals surface area contributed by atoms with E-state index in [9.17, 15) is 4.79 Å². The number of piperidine rings is 2. The summed E-state index contributed by atoms with van der Waals surface area (Å²) in [6, 6.07) is 0.681. The molecule has 0 bridgehead atoms. The molecule has 0 radical (unpaired) electrons. The van der Waals surface area contributed by atoms with E-state index in [1.54, 1.807) is 0 Å². The second-order valence-corrected chi connectivity index (χ2v) is 5.81. The Labute approximate surface area is 110 Å². The van der Waals surface area contributed by atoms with Crippen LogP contribution in [0, 0.1) is 5.92 Å². The summed E-state index contributed by atoms with van der Waals surface area (Å²) in [5, 5.41) is 0. The van der Waals surface area contributed by atoms with Crippen molar-refractivity contribution in [1.82, 2.24) is 9.80 Å². The SMILES string of the molecule is CCCN1CCC(N2CCCC(C(N)=O)C2)CC1. The normalized spacial score (nSPS) is 28.4. The fraction of sp³-hybridized carbons (Fsp3) is 0.929. The monoisotopic (exact) mass is 253 g/mol. The number of carbonyl (C=O) groups excluding carboxylic acids is 1. The third-order valence-corrected chi connectivity index (χ3v) is 4.47. The summed E-state index contributed by atoms with van der Waals surface area (Å²) in [5.41, 5.74) is 5.45. The molecule has 0 aromatic carbocycles. The van der Waals surface area contributed by atoms with Crippen molar-refractivity contribution in [2.24, 2.45) is 11.7 Å². The fourth-order valence-electron chi connectivity index (χ4n) is 3.39. The van der Waals surface area contributed by atoms with Gasteiger partial charge in [-0.2, -0.15) is 0 Å². The number of likely N-dealkylation sites (tertiary alicyclic amines) is 2. The summed E-state index contributed by atoms with van der Waals surface area (Å²) in [6.07, 6.45) is 5.87. The van der Waals surface area contributed by atoms with E-state index in [0.29, 0.717) is 6.04 Å². The van der Waals surface area contributed by atoms with E-state index in [1.807, 2.05) is 0 Å². The summed E-state index contributed by atoms with van der Waals surface area (Å²) >= 11 is 0. The predicted octanol–water partition coefficient (Wildman–Crippen LogP) is 1.06. The molecule has 1 atom stereocenters. The Morgan fingerprint density at radius 1 is 1.22 bits per heavy atom. The largest absolute Gasteiger partial charge is 0.369 e. The maximum Gasteiger partial charge on any atom is 0.221 e. The molecule has 0 aromatic rings. The van der Waals surface area contributed by atoms with Crippen molar-refractivity contribution in [1.29, 1.82) is 0 Å². The molecular weight excluding hydrogens is 226 g/mol. The molecule has 4 nitrogen and oxygen atoms in total. The smallest absolute Gasteiger partial charge is 0.221 e. The molecule has 2 N–H and O–H groups in total. The van der Waals surface area contributed by atoms with E-state index < -0.39 is 0 Å². The van der Waals surface area contributed by atoms with E-state index in [1.165, 1.54) is 38.9 Å². The van der Waals surface area contributed by atoms with Crippen LogP contribution in [0.15, 0.2) is 0 Å². The standard InChI is InChI=1S/C14H27N3O/c1-2-7-16-9-5-13(6-10-16)17-8-3-4-12(11-17)14(15)18/h12-13H,2-11H2,1H3,(H2,15,18). The summed E-state index contributed by atoms with van der Waals surface area (Å²) in [5.74, 6) is -0.0180. The lowest BCUT2D eigenvalue weighted by Crippen LogP contribution is -2.50. The number of hydrogen-bond acceptors (Lipinski definition) is 3. The van der Waals surface area contributed by atoms with Crippen LogP contribution in [0.4, 0.5) is 0 Å². The van der Waals surface area contributed by atoms with Crippen LogP contribution in [0.25, 0.3) is 0 Å². The molecule has 2 heterocycles. The highest BCUT2D eigenvalue weighted by Crippen LogP contribution is 2.23. The van der Waals surface area contributed by atoms with E-state index in [2.05, 4.69) is 16.7 Å². The maximum absolute atomic E-state index is 11.3. The molecular formula is C14H27N3O. The summed E-state index contributed by atoms with van der Waals surface area (Å²) in [7, 11) is 0. The van der Waals surface area contributed by atoms with Gasteiger partial charge in [-0.1, -0.05) is 6.92 Å². The summed E-state index contributed by atoms with van der Waals surface area (Å²) < 4.78 is 0. The third kappa shape index (κ3) is 3.45. The minimum Gasteiger partial charge on any atom is -0.369 e. The second kappa shape index (κ2) is 6.53. The number of amides is 1. The number of carbonyl (C=O) groups is 1. The molecule has 1 amide bonds. The van der Waals surface area contributed by atoms with Gasteiger partial charge in [0, 0.05) is 12.6 Å². The van der Waals surface area contributed by atoms with Crippen molar-refractivity contribution < 1.29 is 4.79 Å². The van der Waals surface area contributed by atoms with Crippen LogP contribution in [0.2, 0.25) is 0 Å². The Morgan fingerprint density at radius 2 is 1.94 bits per heavy atom. The molecule has 4 heteroatoms. The zero-order valence-electron chi connectivity index (χ0n) is 11.6. The Balaban J connectivity index is 1.80. The molecule has 2 saturated heterocycles. The Hall–Kier alpha value is -0.610. The molecule has 0 aliphatic carbocycles. The van der Waals surface area contributed by atoms with Gasteiger partial charge in [-0.3, -0.25) is 9.69 Å². The van der Waals surface area contributed by atoms with Crippen LogP contribution in [0.1, 0.15) is 39.0 Å². The van der Waals surface area contributed by atoms with Gasteiger partial charge in [-0.15, -0.1) is 0 Å². The lowest BCUT2D eigenvalue weighted by atomic mass is 9.93.